The molecule has 5 nitrogen and oxygen atoms in total. The van der Waals surface area contributed by atoms with Gasteiger partial charge >= 0.3 is 5.97 Å². The van der Waals surface area contributed by atoms with Crippen LogP contribution in [0.5, 0.6) is 0 Å². The molecule has 0 radical (unpaired) electrons. The van der Waals surface area contributed by atoms with E-state index in [1.54, 1.807) is 6.08 Å². The molecule has 1 amide bonds. The molecule has 0 unspecified atom stereocenters. The van der Waals surface area contributed by atoms with E-state index in [9.17, 15) is 19.1 Å². The average Bonchev–Trinajstić information content (AvgIpc) is 2.69. The zero-order valence-electron chi connectivity index (χ0n) is 15.4. The Labute approximate surface area is 162 Å². The molecule has 28 heavy (non-hydrogen) atoms. The number of carboxylic acids is 1. The minimum Gasteiger partial charge on any atom is -0.480 e. The second kappa shape index (κ2) is 8.17. The molecule has 0 spiro atoms. The van der Waals surface area contributed by atoms with Gasteiger partial charge in [-0.25, -0.2) is 9.82 Å². The molecule has 2 aromatic carbocycles. The number of hydrogen-bond acceptors (Lipinski definition) is 3. The fourth-order valence-electron chi connectivity index (χ4n) is 3.54. The maximum absolute atomic E-state index is 13.3. The molecule has 6 heteroatoms. The fourth-order valence-corrected chi connectivity index (χ4v) is 3.54. The first-order valence-electron chi connectivity index (χ1n) is 8.96. The summed E-state index contributed by atoms with van der Waals surface area (Å²) in [6, 6.07) is 14.8. The maximum atomic E-state index is 13.3. The van der Waals surface area contributed by atoms with Gasteiger partial charge in [-0.2, -0.15) is 5.10 Å². The van der Waals surface area contributed by atoms with E-state index in [0.29, 0.717) is 12.0 Å². The standard InChI is InChI=1S/C22H21FN2O3/c1-15-11-12-22(21(27)28,19(13-15)17-7-9-18(23)10-8-17)20(26)25-24-14-16-5-3-2-4-6-16/h2-11,14,19H,12-13H2,1H3,(H,25,26)(H,27,28)/b24-14-/t19-,22+/m1/s1. The van der Waals surface area contributed by atoms with E-state index in [0.717, 1.165) is 11.1 Å². The molecule has 3 rings (SSSR count). The molecule has 0 saturated carbocycles. The molecule has 2 aromatic rings. The van der Waals surface area contributed by atoms with Crippen molar-refractivity contribution >= 4 is 18.1 Å². The van der Waals surface area contributed by atoms with Crippen LogP contribution < -0.4 is 5.43 Å². The van der Waals surface area contributed by atoms with E-state index in [2.05, 4.69) is 10.5 Å². The summed E-state index contributed by atoms with van der Waals surface area (Å²) in [6.45, 7) is 1.90. The number of carbonyl (C=O) groups excluding carboxylic acids is 1. The van der Waals surface area contributed by atoms with Gasteiger partial charge in [-0.3, -0.25) is 9.59 Å². The number of hydrazone groups is 1. The first-order chi connectivity index (χ1) is 13.4. The Kier molecular flexibility index (Phi) is 5.68. The van der Waals surface area contributed by atoms with Gasteiger partial charge in [0.2, 0.25) is 0 Å². The van der Waals surface area contributed by atoms with Gasteiger partial charge in [-0.05, 0) is 43.0 Å². The van der Waals surface area contributed by atoms with Crippen LogP contribution in [-0.2, 0) is 9.59 Å². The van der Waals surface area contributed by atoms with Crippen molar-refractivity contribution < 1.29 is 19.1 Å². The van der Waals surface area contributed by atoms with Crippen LogP contribution in [0.4, 0.5) is 4.39 Å². The third-order valence-corrected chi connectivity index (χ3v) is 5.13. The second-order valence-electron chi connectivity index (χ2n) is 6.95. The monoisotopic (exact) mass is 380 g/mol. The molecule has 1 aliphatic carbocycles. The van der Waals surface area contributed by atoms with Crippen molar-refractivity contribution in [1.82, 2.24) is 5.43 Å². The third-order valence-electron chi connectivity index (χ3n) is 5.13. The van der Waals surface area contributed by atoms with Crippen molar-refractivity contribution in [2.45, 2.75) is 25.7 Å². The predicted molar refractivity (Wildman–Crippen MR) is 104 cm³/mol. The molecule has 0 bridgehead atoms. The Morgan fingerprint density at radius 1 is 1.18 bits per heavy atom. The number of halogens is 1. The minimum atomic E-state index is -1.72. The summed E-state index contributed by atoms with van der Waals surface area (Å²) in [7, 11) is 0. The van der Waals surface area contributed by atoms with Gasteiger partial charge in [0.25, 0.3) is 5.91 Å². The summed E-state index contributed by atoms with van der Waals surface area (Å²) in [5, 5.41) is 14.0. The van der Waals surface area contributed by atoms with Crippen molar-refractivity contribution in [3.05, 3.63) is 83.2 Å². The topological polar surface area (TPSA) is 78.8 Å². The highest BCUT2D eigenvalue weighted by molar-refractivity contribution is 6.03. The van der Waals surface area contributed by atoms with Crippen LogP contribution in [0.3, 0.4) is 0 Å². The van der Waals surface area contributed by atoms with Gasteiger partial charge in [-0.1, -0.05) is 54.1 Å². The third kappa shape index (κ3) is 3.86. The maximum Gasteiger partial charge on any atom is 0.320 e. The number of nitrogens with one attached hydrogen (secondary N) is 1. The SMILES string of the molecule is CC1=CC[C@@](C(=O)O)(C(=O)N/N=C\c2ccccc2)[C@@H](c2ccc(F)cc2)C1. The van der Waals surface area contributed by atoms with E-state index in [1.165, 1.54) is 30.5 Å². The highest BCUT2D eigenvalue weighted by Crippen LogP contribution is 2.47. The van der Waals surface area contributed by atoms with E-state index in [1.807, 2.05) is 37.3 Å². The average molecular weight is 380 g/mol. The van der Waals surface area contributed by atoms with Crippen molar-refractivity contribution in [2.75, 3.05) is 0 Å². The first kappa shape index (κ1) is 19.5. The molecule has 0 aromatic heterocycles. The lowest BCUT2D eigenvalue weighted by Gasteiger charge is -2.38. The largest absolute Gasteiger partial charge is 0.480 e. The number of carbonyl (C=O) groups is 2. The van der Waals surface area contributed by atoms with Crippen LogP contribution in [0, 0.1) is 11.2 Å². The van der Waals surface area contributed by atoms with Crippen LogP contribution in [0.15, 0.2) is 71.3 Å². The molecule has 144 valence electrons. The van der Waals surface area contributed by atoms with Crippen LogP contribution in [0.25, 0.3) is 0 Å². The Balaban J connectivity index is 1.93. The minimum absolute atomic E-state index is 0.0445. The number of rotatable bonds is 5. The molecular formula is C22H21FN2O3. The van der Waals surface area contributed by atoms with Crippen LogP contribution >= 0.6 is 0 Å². The lowest BCUT2D eigenvalue weighted by molar-refractivity contribution is -0.158. The van der Waals surface area contributed by atoms with E-state index >= 15 is 0 Å². The lowest BCUT2D eigenvalue weighted by Crippen LogP contribution is -2.50. The van der Waals surface area contributed by atoms with Crippen LogP contribution in [0.1, 0.15) is 36.8 Å². The Bertz CT molecular complexity index is 923. The van der Waals surface area contributed by atoms with Crippen molar-refractivity contribution in [2.24, 2.45) is 10.5 Å². The van der Waals surface area contributed by atoms with Gasteiger partial charge in [0.05, 0.1) is 6.21 Å². The zero-order valence-corrected chi connectivity index (χ0v) is 15.4. The smallest absolute Gasteiger partial charge is 0.320 e. The highest BCUT2D eigenvalue weighted by atomic mass is 19.1. The normalized spacial score (nSPS) is 21.9. The molecule has 0 heterocycles. The molecule has 0 saturated heterocycles. The lowest BCUT2D eigenvalue weighted by atomic mass is 9.64. The summed E-state index contributed by atoms with van der Waals surface area (Å²) in [6.07, 6.45) is 3.68. The summed E-state index contributed by atoms with van der Waals surface area (Å²) < 4.78 is 13.3. The second-order valence-corrected chi connectivity index (χ2v) is 6.95. The number of benzene rings is 2. The Morgan fingerprint density at radius 3 is 2.50 bits per heavy atom. The molecule has 2 N–H and O–H groups in total. The van der Waals surface area contributed by atoms with Crippen LogP contribution in [0.2, 0.25) is 0 Å². The van der Waals surface area contributed by atoms with E-state index < -0.39 is 29.0 Å². The molecule has 0 aliphatic heterocycles. The predicted octanol–water partition coefficient (Wildman–Crippen LogP) is 3.87. The first-order valence-corrected chi connectivity index (χ1v) is 8.96. The molecule has 2 atom stereocenters. The molecular weight excluding hydrogens is 359 g/mol. The molecule has 0 fully saturated rings. The summed E-state index contributed by atoms with van der Waals surface area (Å²) in [5.41, 5.74) is 3.06. The number of amides is 1. The van der Waals surface area contributed by atoms with Gasteiger partial charge in [0, 0.05) is 5.92 Å². The fraction of sp³-hybridized carbons (Fsp3) is 0.227. The Morgan fingerprint density at radius 2 is 1.86 bits per heavy atom. The van der Waals surface area contributed by atoms with Crippen molar-refractivity contribution in [3.8, 4) is 0 Å². The highest BCUT2D eigenvalue weighted by Gasteiger charge is 2.53. The van der Waals surface area contributed by atoms with Gasteiger partial charge in [0.15, 0.2) is 5.41 Å². The van der Waals surface area contributed by atoms with Gasteiger partial charge in [0.1, 0.15) is 5.82 Å². The molecule has 1 aliphatic rings. The quantitative estimate of drug-likeness (QED) is 0.358. The zero-order chi connectivity index (χ0) is 20.1. The Hall–Kier alpha value is -3.28. The number of carboxylic acid groups (broad SMARTS) is 1. The van der Waals surface area contributed by atoms with Crippen molar-refractivity contribution in [1.29, 1.82) is 0 Å². The van der Waals surface area contributed by atoms with Gasteiger partial charge < -0.3 is 5.11 Å². The summed E-state index contributed by atoms with van der Waals surface area (Å²) in [4.78, 5) is 25.3. The van der Waals surface area contributed by atoms with Crippen molar-refractivity contribution in [3.63, 3.8) is 0 Å². The van der Waals surface area contributed by atoms with E-state index in [-0.39, 0.29) is 6.42 Å². The number of aliphatic carboxylic acids is 1. The van der Waals surface area contributed by atoms with Crippen LogP contribution in [-0.4, -0.2) is 23.2 Å². The van der Waals surface area contributed by atoms with Gasteiger partial charge in [-0.15, -0.1) is 0 Å². The number of allylic oxidation sites excluding steroid dienone is 2. The number of nitrogens with zero attached hydrogens (tertiary/aromatic N) is 1. The summed E-state index contributed by atoms with van der Waals surface area (Å²) in [5.74, 6) is -2.95. The van der Waals surface area contributed by atoms with E-state index in [4.69, 9.17) is 0 Å². The number of hydrogen-bond donors (Lipinski definition) is 2. The summed E-state index contributed by atoms with van der Waals surface area (Å²) >= 11 is 0.